The largest absolute Gasteiger partial charge is 0.468 e. The first-order valence-electron chi connectivity index (χ1n) is 10.4. The van der Waals surface area contributed by atoms with Crippen molar-refractivity contribution in [2.24, 2.45) is 11.3 Å². The molecule has 0 radical (unpaired) electrons. The lowest BCUT2D eigenvalue weighted by molar-refractivity contribution is -0.148. The Morgan fingerprint density at radius 3 is 2.29 bits per heavy atom. The predicted octanol–water partition coefficient (Wildman–Crippen LogP) is 4.47. The average Bonchev–Trinajstić information content (AvgIpc) is 2.98. The molecule has 0 aromatic heterocycles. The second-order valence-corrected chi connectivity index (χ2v) is 10.4. The Morgan fingerprint density at radius 1 is 1.11 bits per heavy atom. The fourth-order valence-corrected chi connectivity index (χ4v) is 4.83. The first-order chi connectivity index (χ1) is 13.0. The zero-order valence-corrected chi connectivity index (χ0v) is 18.5. The zero-order chi connectivity index (χ0) is 20.7. The predicted molar refractivity (Wildman–Crippen MR) is 115 cm³/mol. The van der Waals surface area contributed by atoms with E-state index in [1.165, 1.54) is 23.9 Å². The minimum atomic E-state index is -0.177. The number of esters is 1. The number of benzene rings is 1. The van der Waals surface area contributed by atoms with Gasteiger partial charge in [-0.3, -0.25) is 9.69 Å². The molecule has 3 unspecified atom stereocenters. The maximum Gasteiger partial charge on any atom is 0.323 e. The summed E-state index contributed by atoms with van der Waals surface area (Å²) in [7, 11) is 1.51. The molecule has 0 spiro atoms. The highest BCUT2D eigenvalue weighted by Gasteiger charge is 2.51. The third kappa shape index (κ3) is 4.27. The molecule has 1 saturated heterocycles. The smallest absolute Gasteiger partial charge is 0.323 e. The van der Waals surface area contributed by atoms with Crippen LogP contribution in [0.2, 0.25) is 0 Å². The number of ether oxygens (including phenoxy) is 1. The lowest BCUT2D eigenvalue weighted by Crippen LogP contribution is -2.51. The second-order valence-electron chi connectivity index (χ2n) is 10.4. The fourth-order valence-electron chi connectivity index (χ4n) is 4.83. The molecule has 1 aromatic rings. The molecule has 4 nitrogen and oxygen atoms in total. The molecule has 1 N–H and O–H groups in total. The molecule has 0 saturated carbocycles. The van der Waals surface area contributed by atoms with Crippen molar-refractivity contribution in [3.05, 3.63) is 41.6 Å². The van der Waals surface area contributed by atoms with Crippen LogP contribution in [0.1, 0.15) is 59.9 Å². The summed E-state index contributed by atoms with van der Waals surface area (Å²) in [6.07, 6.45) is 1.99. The third-order valence-electron chi connectivity index (χ3n) is 6.08. The van der Waals surface area contributed by atoms with Gasteiger partial charge in [0.15, 0.2) is 0 Å². The molecule has 0 bridgehead atoms. The van der Waals surface area contributed by atoms with Gasteiger partial charge in [0.05, 0.1) is 7.11 Å². The minimum absolute atomic E-state index is 0.0356. The highest BCUT2D eigenvalue weighted by Crippen LogP contribution is 2.47. The number of methoxy groups -OCH3 is 1. The van der Waals surface area contributed by atoms with Gasteiger partial charge in [-0.05, 0) is 56.1 Å². The summed E-state index contributed by atoms with van der Waals surface area (Å²) >= 11 is 0. The topological polar surface area (TPSA) is 41.6 Å². The molecule has 4 heteroatoms. The summed E-state index contributed by atoms with van der Waals surface area (Å²) in [5, 5.41) is 3.74. The van der Waals surface area contributed by atoms with Crippen LogP contribution in [0.3, 0.4) is 0 Å². The molecule has 2 aliphatic rings. The van der Waals surface area contributed by atoms with Gasteiger partial charge in [-0.15, -0.1) is 0 Å². The van der Waals surface area contributed by atoms with Crippen LogP contribution >= 0.6 is 0 Å². The van der Waals surface area contributed by atoms with Crippen LogP contribution < -0.4 is 5.32 Å². The molecule has 0 amide bonds. The van der Waals surface area contributed by atoms with E-state index < -0.39 is 0 Å². The van der Waals surface area contributed by atoms with E-state index in [4.69, 9.17) is 4.74 Å². The van der Waals surface area contributed by atoms with E-state index in [1.807, 2.05) is 0 Å². The SMILES string of the molecule is COC(=O)C1C(C(C)(C)C)CC2CC(c3ccccc3)=C(NC(C)(C)C)CN21. The van der Waals surface area contributed by atoms with Crippen molar-refractivity contribution < 1.29 is 9.53 Å². The number of carbonyl (C=O) groups excluding carboxylic acids is 1. The number of rotatable bonds is 3. The lowest BCUT2D eigenvalue weighted by atomic mass is 9.75. The quantitative estimate of drug-likeness (QED) is 0.781. The van der Waals surface area contributed by atoms with Crippen LogP contribution in [-0.4, -0.2) is 42.1 Å². The normalized spacial score (nSPS) is 26.2. The van der Waals surface area contributed by atoms with Crippen molar-refractivity contribution in [3.8, 4) is 0 Å². The van der Waals surface area contributed by atoms with Crippen molar-refractivity contribution in [1.29, 1.82) is 0 Å². The maximum absolute atomic E-state index is 12.8. The highest BCUT2D eigenvalue weighted by molar-refractivity contribution is 5.78. The average molecular weight is 385 g/mol. The molecule has 0 aliphatic carbocycles. The van der Waals surface area contributed by atoms with Crippen molar-refractivity contribution >= 4 is 11.5 Å². The summed E-state index contributed by atoms with van der Waals surface area (Å²) in [4.78, 5) is 15.2. The standard InChI is InChI=1S/C24H36N2O2/c1-23(2,3)19-14-17-13-18(16-11-9-8-10-12-16)20(25-24(4,5)6)15-26(17)21(19)22(27)28-7/h8-12,17,19,21,25H,13-15H2,1-7H3. The number of hydrogen-bond donors (Lipinski definition) is 1. The molecule has 1 aromatic carbocycles. The monoisotopic (exact) mass is 384 g/mol. The van der Waals surface area contributed by atoms with Gasteiger partial charge in [0.25, 0.3) is 0 Å². The summed E-state index contributed by atoms with van der Waals surface area (Å²) < 4.78 is 5.24. The van der Waals surface area contributed by atoms with Crippen LogP contribution in [0.4, 0.5) is 0 Å². The van der Waals surface area contributed by atoms with Crippen LogP contribution in [0.5, 0.6) is 0 Å². The van der Waals surface area contributed by atoms with Gasteiger partial charge in [0.2, 0.25) is 0 Å². The third-order valence-corrected chi connectivity index (χ3v) is 6.08. The Kier molecular flexibility index (Phi) is 5.64. The van der Waals surface area contributed by atoms with E-state index in [1.54, 1.807) is 0 Å². The van der Waals surface area contributed by atoms with Crippen LogP contribution in [0.15, 0.2) is 36.0 Å². The van der Waals surface area contributed by atoms with E-state index in [-0.39, 0.29) is 28.9 Å². The molecular formula is C24H36N2O2. The fraction of sp³-hybridized carbons (Fsp3) is 0.625. The molecule has 2 aliphatic heterocycles. The van der Waals surface area contributed by atoms with E-state index in [2.05, 4.69) is 82.1 Å². The van der Waals surface area contributed by atoms with E-state index in [0.29, 0.717) is 6.04 Å². The van der Waals surface area contributed by atoms with Crippen molar-refractivity contribution in [3.63, 3.8) is 0 Å². The van der Waals surface area contributed by atoms with Crippen molar-refractivity contribution in [2.75, 3.05) is 13.7 Å². The summed E-state index contributed by atoms with van der Waals surface area (Å²) in [5.41, 5.74) is 3.92. The number of hydrogen-bond acceptors (Lipinski definition) is 4. The van der Waals surface area contributed by atoms with E-state index in [0.717, 1.165) is 19.4 Å². The van der Waals surface area contributed by atoms with Gasteiger partial charge < -0.3 is 10.1 Å². The van der Waals surface area contributed by atoms with Crippen molar-refractivity contribution in [2.45, 2.75) is 72.0 Å². The maximum atomic E-state index is 12.8. The van der Waals surface area contributed by atoms with Gasteiger partial charge in [-0.25, -0.2) is 0 Å². The molecule has 1 fully saturated rings. The van der Waals surface area contributed by atoms with Crippen molar-refractivity contribution in [1.82, 2.24) is 10.2 Å². The second kappa shape index (κ2) is 7.55. The van der Waals surface area contributed by atoms with E-state index >= 15 is 0 Å². The minimum Gasteiger partial charge on any atom is -0.468 e. The Morgan fingerprint density at radius 2 is 1.75 bits per heavy atom. The van der Waals surface area contributed by atoms with Gasteiger partial charge in [0.1, 0.15) is 6.04 Å². The Bertz CT molecular complexity index is 740. The zero-order valence-electron chi connectivity index (χ0n) is 18.5. The van der Waals surface area contributed by atoms with Crippen LogP contribution in [0, 0.1) is 11.3 Å². The summed E-state index contributed by atoms with van der Waals surface area (Å²) in [5.74, 6) is 0.191. The number of nitrogens with one attached hydrogen (secondary N) is 1. The van der Waals surface area contributed by atoms with Gasteiger partial charge in [0, 0.05) is 23.8 Å². The molecule has 2 heterocycles. The van der Waals surface area contributed by atoms with Crippen LogP contribution in [-0.2, 0) is 9.53 Å². The van der Waals surface area contributed by atoms with Gasteiger partial charge >= 0.3 is 5.97 Å². The molecule has 3 rings (SSSR count). The van der Waals surface area contributed by atoms with Gasteiger partial charge in [-0.1, -0.05) is 51.1 Å². The van der Waals surface area contributed by atoms with Gasteiger partial charge in [-0.2, -0.15) is 0 Å². The number of nitrogens with zero attached hydrogens (tertiary/aromatic N) is 1. The molecular weight excluding hydrogens is 348 g/mol. The Hall–Kier alpha value is -1.81. The summed E-state index contributed by atoms with van der Waals surface area (Å²) in [6, 6.07) is 10.9. The van der Waals surface area contributed by atoms with E-state index in [9.17, 15) is 4.79 Å². The molecule has 154 valence electrons. The highest BCUT2D eigenvalue weighted by atomic mass is 16.5. The molecule has 3 atom stereocenters. The molecule has 28 heavy (non-hydrogen) atoms. The first kappa shape index (κ1) is 20.9. The lowest BCUT2D eigenvalue weighted by Gasteiger charge is -2.39. The Balaban J connectivity index is 2.01. The summed E-state index contributed by atoms with van der Waals surface area (Å²) in [6.45, 7) is 14.1. The number of fused-ring (bicyclic) bond motifs is 1. The Labute approximate surface area is 170 Å². The van der Waals surface area contributed by atoms with Crippen LogP contribution in [0.25, 0.3) is 5.57 Å². The first-order valence-corrected chi connectivity index (χ1v) is 10.4. The number of carbonyl (C=O) groups is 1.